The standard InChI is InChI=1S/C44H76N2O13Si4.2CH2O/c1-15-55-41(49)32-40(42(50)56-16-2)46-34-44(7,8)28-30-62(53-11,54-12)59-63(37-23-19-17-20-24-37,38-25-21-18-22-26-38)58-60(13,14)57-61(51-9,52-10)29-27-43(5,6)33-45-39(36(4)48)31-35(3)47;2*1-2/h17-26,39-40,45-46H,15-16,27-34H2,1-14H3;2*1H2. The molecule has 0 aliphatic heterocycles. The van der Waals surface area contributed by atoms with E-state index in [1.165, 1.54) is 13.8 Å². The maximum atomic E-state index is 12.9. The normalized spacial score (nSPS) is 13.2. The molecule has 2 atom stereocenters. The highest BCUT2D eigenvalue weighted by molar-refractivity contribution is 7.01. The summed E-state index contributed by atoms with van der Waals surface area (Å²) < 4.78 is 57.5. The van der Waals surface area contributed by atoms with Crippen molar-refractivity contribution in [3.05, 3.63) is 60.7 Å². The summed E-state index contributed by atoms with van der Waals surface area (Å²) in [6.07, 6.45) is 1.15. The van der Waals surface area contributed by atoms with Gasteiger partial charge in [-0.05, 0) is 74.8 Å². The summed E-state index contributed by atoms with van der Waals surface area (Å²) in [5.41, 5.74) is -0.761. The second-order valence-corrected chi connectivity index (χ2v) is 30.7. The Hall–Kier alpha value is -3.43. The molecule has 0 aliphatic rings. The van der Waals surface area contributed by atoms with Gasteiger partial charge in [0.15, 0.2) is 0 Å². The van der Waals surface area contributed by atoms with Crippen LogP contribution in [0.4, 0.5) is 0 Å². The smallest absolute Gasteiger partial charge is 0.466 e. The Balaban J connectivity index is 0.0000106. The molecule has 2 aromatic rings. The molecule has 0 saturated heterocycles. The minimum absolute atomic E-state index is 0.0529. The highest BCUT2D eigenvalue weighted by Gasteiger charge is 2.58. The lowest BCUT2D eigenvalue weighted by atomic mass is 9.89. The van der Waals surface area contributed by atoms with E-state index in [0.717, 1.165) is 10.4 Å². The molecule has 2 rings (SSSR count). The van der Waals surface area contributed by atoms with Crippen LogP contribution in [0.3, 0.4) is 0 Å². The highest BCUT2D eigenvalue weighted by atomic mass is 28.5. The third-order valence-electron chi connectivity index (χ3n) is 10.7. The van der Waals surface area contributed by atoms with Gasteiger partial charge in [0, 0.05) is 60.0 Å². The molecule has 0 aliphatic carbocycles. The molecular formula is C46H80N2O15Si4. The van der Waals surface area contributed by atoms with E-state index >= 15 is 0 Å². The first-order chi connectivity index (χ1) is 31.5. The Morgan fingerprint density at radius 2 is 1.00 bits per heavy atom. The van der Waals surface area contributed by atoms with Crippen molar-refractivity contribution in [2.75, 3.05) is 54.7 Å². The molecule has 0 aromatic heterocycles. The fourth-order valence-electron chi connectivity index (χ4n) is 7.02. The number of ketones is 2. The van der Waals surface area contributed by atoms with Crippen LogP contribution in [-0.4, -0.2) is 139 Å². The molecule has 0 heterocycles. The summed E-state index contributed by atoms with van der Waals surface area (Å²) in [6, 6.07) is 19.0. The van der Waals surface area contributed by atoms with Crippen molar-refractivity contribution in [1.82, 2.24) is 10.6 Å². The van der Waals surface area contributed by atoms with Gasteiger partial charge in [-0.15, -0.1) is 0 Å². The van der Waals surface area contributed by atoms with Gasteiger partial charge in [-0.2, -0.15) is 0 Å². The summed E-state index contributed by atoms with van der Waals surface area (Å²) in [4.78, 5) is 65.4. The van der Waals surface area contributed by atoms with Crippen molar-refractivity contribution in [3.8, 4) is 0 Å². The zero-order chi connectivity index (χ0) is 51.5. The lowest BCUT2D eigenvalue weighted by Crippen LogP contribution is -2.73. The third kappa shape index (κ3) is 21.8. The van der Waals surface area contributed by atoms with Gasteiger partial charge >= 0.3 is 46.7 Å². The maximum absolute atomic E-state index is 12.9. The molecule has 0 saturated carbocycles. The van der Waals surface area contributed by atoms with E-state index in [9.17, 15) is 19.2 Å². The Morgan fingerprint density at radius 3 is 1.37 bits per heavy atom. The van der Waals surface area contributed by atoms with Crippen LogP contribution in [-0.2, 0) is 68.3 Å². The molecule has 0 fully saturated rings. The molecule has 0 radical (unpaired) electrons. The van der Waals surface area contributed by atoms with Crippen LogP contribution in [0.25, 0.3) is 0 Å². The number of esters is 2. The van der Waals surface area contributed by atoms with Crippen molar-refractivity contribution in [2.45, 2.75) is 118 Å². The van der Waals surface area contributed by atoms with Gasteiger partial charge in [-0.1, -0.05) is 88.4 Å². The first-order valence-electron chi connectivity index (χ1n) is 22.3. The first kappa shape index (κ1) is 63.6. The van der Waals surface area contributed by atoms with Crippen LogP contribution in [0.2, 0.25) is 25.2 Å². The molecule has 0 spiro atoms. The number of Topliss-reactive ketones (excluding diaryl/α,β-unsaturated/α-hetero) is 2. The van der Waals surface area contributed by atoms with E-state index in [1.807, 2.05) is 87.3 Å². The van der Waals surface area contributed by atoms with Gasteiger partial charge in [0.25, 0.3) is 0 Å². The van der Waals surface area contributed by atoms with Crippen molar-refractivity contribution < 1.29 is 68.3 Å². The monoisotopic (exact) mass is 1010 g/mol. The molecule has 21 heteroatoms. The van der Waals surface area contributed by atoms with Gasteiger partial charge < -0.3 is 59.7 Å². The minimum atomic E-state index is -3.82. The number of benzene rings is 2. The summed E-state index contributed by atoms with van der Waals surface area (Å²) in [6.45, 7) is 23.9. The van der Waals surface area contributed by atoms with E-state index in [-0.39, 0.29) is 43.0 Å². The summed E-state index contributed by atoms with van der Waals surface area (Å²) in [5, 5.41) is 8.20. The number of carbonyl (C=O) groups is 6. The van der Waals surface area contributed by atoms with Crippen LogP contribution in [0.15, 0.2) is 60.7 Å². The van der Waals surface area contributed by atoms with E-state index in [1.54, 1.807) is 42.3 Å². The third-order valence-corrected chi connectivity index (χ3v) is 25.9. The Kier molecular flexibility index (Phi) is 29.3. The molecule has 2 N–H and O–H groups in total. The van der Waals surface area contributed by atoms with Gasteiger partial charge in [0.05, 0.1) is 25.7 Å². The quantitative estimate of drug-likeness (QED) is 0.0736. The average Bonchev–Trinajstić information content (AvgIpc) is 3.31. The Labute approximate surface area is 404 Å². The number of hydrogen-bond acceptors (Lipinski definition) is 17. The second kappa shape index (κ2) is 30.9. The molecule has 2 aromatic carbocycles. The first-order valence-corrected chi connectivity index (χ1v) is 30.8. The SMILES string of the molecule is C=O.C=O.CCOC(=O)CC(NCC(C)(C)CC[Si](OC)(OC)O[Si](O[Si](C)(C)O[Si](CCC(C)(C)CNC(CC(C)=O)C(C)=O)(OC)OC)(c1ccccc1)c1ccccc1)C(=O)OCC. The number of rotatable bonds is 32. The number of nitrogens with one attached hydrogen (secondary N) is 2. The van der Waals surface area contributed by atoms with E-state index in [2.05, 4.69) is 38.3 Å². The predicted octanol–water partition coefficient (Wildman–Crippen LogP) is 4.92. The van der Waals surface area contributed by atoms with Crippen LogP contribution in [0.1, 0.15) is 81.1 Å². The van der Waals surface area contributed by atoms with Crippen molar-refractivity contribution in [3.63, 3.8) is 0 Å². The van der Waals surface area contributed by atoms with Gasteiger partial charge in [0.1, 0.15) is 31.2 Å². The van der Waals surface area contributed by atoms with Crippen LogP contribution < -0.4 is 21.0 Å². The van der Waals surface area contributed by atoms with E-state index in [0.29, 0.717) is 38.0 Å². The summed E-state index contributed by atoms with van der Waals surface area (Å²) >= 11 is 0. The van der Waals surface area contributed by atoms with Crippen LogP contribution in [0, 0.1) is 10.8 Å². The fourth-order valence-corrected chi connectivity index (χ4v) is 24.4. The van der Waals surface area contributed by atoms with Crippen LogP contribution >= 0.6 is 0 Å². The zero-order valence-corrected chi connectivity index (χ0v) is 46.5. The number of ether oxygens (including phenoxy) is 2. The molecule has 0 amide bonds. The molecule has 380 valence electrons. The summed E-state index contributed by atoms with van der Waals surface area (Å²) in [7, 11) is -7.82. The molecular weight excluding hydrogens is 933 g/mol. The minimum Gasteiger partial charge on any atom is -0.466 e. The topological polar surface area (TPSA) is 210 Å². The maximum Gasteiger partial charge on any atom is 0.491 e. The number of hydrogen-bond donors (Lipinski definition) is 2. The van der Waals surface area contributed by atoms with Gasteiger partial charge in [-0.3, -0.25) is 19.2 Å². The highest BCUT2D eigenvalue weighted by Crippen LogP contribution is 2.34. The van der Waals surface area contributed by atoms with Gasteiger partial charge in [0.2, 0.25) is 0 Å². The van der Waals surface area contributed by atoms with Crippen molar-refractivity contribution >= 4 is 82.2 Å². The summed E-state index contributed by atoms with van der Waals surface area (Å²) in [5.74, 6) is -1.15. The molecule has 2 unspecified atom stereocenters. The average molecular weight is 1010 g/mol. The Bertz CT molecular complexity index is 1710. The largest absolute Gasteiger partial charge is 0.491 e. The zero-order valence-electron chi connectivity index (χ0n) is 42.5. The second-order valence-electron chi connectivity index (χ2n) is 17.7. The Morgan fingerprint density at radius 1 is 0.597 bits per heavy atom. The van der Waals surface area contributed by atoms with Crippen LogP contribution in [0.5, 0.6) is 0 Å². The number of carbonyl (C=O) groups excluding carboxylic acids is 6. The lowest BCUT2D eigenvalue weighted by molar-refractivity contribution is -0.152. The van der Waals surface area contributed by atoms with Crippen molar-refractivity contribution in [1.29, 1.82) is 0 Å². The lowest BCUT2D eigenvalue weighted by Gasteiger charge is -2.44. The molecule has 0 bridgehead atoms. The van der Waals surface area contributed by atoms with E-state index < -0.39 is 64.2 Å². The molecule has 17 nitrogen and oxygen atoms in total. The van der Waals surface area contributed by atoms with Crippen molar-refractivity contribution in [2.24, 2.45) is 10.8 Å². The molecule has 67 heavy (non-hydrogen) atoms. The van der Waals surface area contributed by atoms with E-state index in [4.69, 9.17) is 49.1 Å². The predicted molar refractivity (Wildman–Crippen MR) is 266 cm³/mol. The van der Waals surface area contributed by atoms with Gasteiger partial charge in [-0.25, -0.2) is 0 Å². The fraction of sp³-hybridized carbons (Fsp3) is 0.609.